The summed E-state index contributed by atoms with van der Waals surface area (Å²) >= 11 is 0. The average Bonchev–Trinajstić information content (AvgIpc) is 2.47. The van der Waals surface area contributed by atoms with Crippen LogP contribution < -0.4 is 5.73 Å². The first-order valence-electron chi connectivity index (χ1n) is 6.41. The lowest BCUT2D eigenvalue weighted by Crippen LogP contribution is -2.23. The van der Waals surface area contributed by atoms with Gasteiger partial charge in [0.15, 0.2) is 0 Å². The highest BCUT2D eigenvalue weighted by Crippen LogP contribution is 2.31. The van der Waals surface area contributed by atoms with Crippen molar-refractivity contribution in [1.29, 1.82) is 0 Å². The zero-order valence-electron chi connectivity index (χ0n) is 11.2. The van der Waals surface area contributed by atoms with E-state index in [9.17, 15) is 0 Å². The number of rotatable bonds is 4. The van der Waals surface area contributed by atoms with Gasteiger partial charge in [0.2, 0.25) is 0 Å². The van der Waals surface area contributed by atoms with Gasteiger partial charge in [-0.05, 0) is 35.6 Å². The first-order chi connectivity index (χ1) is 9.31. The van der Waals surface area contributed by atoms with Gasteiger partial charge in [-0.3, -0.25) is 0 Å². The van der Waals surface area contributed by atoms with E-state index in [-0.39, 0.29) is 6.10 Å². The van der Waals surface area contributed by atoms with Crippen LogP contribution >= 0.6 is 0 Å². The van der Waals surface area contributed by atoms with Crippen LogP contribution in [0.5, 0.6) is 0 Å². The minimum Gasteiger partial charge on any atom is -0.372 e. The Bertz CT molecular complexity index is 520. The van der Waals surface area contributed by atoms with Crippen LogP contribution in [0.1, 0.15) is 29.7 Å². The molecule has 19 heavy (non-hydrogen) atoms. The first-order valence-corrected chi connectivity index (χ1v) is 6.41. The Morgan fingerprint density at radius 1 is 1.58 bits per heavy atom. The molecular formula is C15H19N3O. The van der Waals surface area contributed by atoms with Crippen LogP contribution in [0.4, 0.5) is 0 Å². The van der Waals surface area contributed by atoms with Gasteiger partial charge in [-0.15, -0.1) is 0 Å². The Kier molecular flexibility index (Phi) is 4.60. The van der Waals surface area contributed by atoms with Gasteiger partial charge in [-0.2, -0.15) is 10.2 Å². The molecule has 0 saturated carbocycles. The SMILES string of the molecule is C=N/N=C\C(=C/C)c1cccc2c1CCO[C@H]2CN. The van der Waals surface area contributed by atoms with Gasteiger partial charge in [0.05, 0.1) is 18.9 Å². The fraction of sp³-hybridized carbons (Fsp3) is 0.333. The lowest BCUT2D eigenvalue weighted by molar-refractivity contribution is 0.0484. The third-order valence-corrected chi connectivity index (χ3v) is 3.34. The monoisotopic (exact) mass is 257 g/mol. The fourth-order valence-corrected chi connectivity index (χ4v) is 2.45. The van der Waals surface area contributed by atoms with E-state index < -0.39 is 0 Å². The molecule has 1 aliphatic heterocycles. The number of nitrogens with zero attached hydrogens (tertiary/aromatic N) is 2. The van der Waals surface area contributed by atoms with Crippen molar-refractivity contribution in [3.63, 3.8) is 0 Å². The quantitative estimate of drug-likeness (QED) is 0.665. The lowest BCUT2D eigenvalue weighted by Gasteiger charge is -2.27. The van der Waals surface area contributed by atoms with Crippen molar-refractivity contribution < 1.29 is 4.74 Å². The van der Waals surface area contributed by atoms with Gasteiger partial charge < -0.3 is 10.5 Å². The summed E-state index contributed by atoms with van der Waals surface area (Å²) in [5.41, 5.74) is 10.5. The minimum atomic E-state index is -0.00345. The van der Waals surface area contributed by atoms with Crippen LogP contribution in [0.2, 0.25) is 0 Å². The standard InChI is InChI=1S/C15H19N3O/c1-3-11(10-18-17-2)12-5-4-6-14-13(12)7-8-19-15(14)9-16/h3-6,10,15H,2,7-9,16H2,1H3/b11-3+,18-10-/t15-/m0/s1. The van der Waals surface area contributed by atoms with Gasteiger partial charge >= 0.3 is 0 Å². The van der Waals surface area contributed by atoms with E-state index >= 15 is 0 Å². The molecule has 1 aromatic rings. The van der Waals surface area contributed by atoms with E-state index in [0.29, 0.717) is 13.2 Å². The van der Waals surface area contributed by atoms with Crippen molar-refractivity contribution in [2.24, 2.45) is 15.9 Å². The molecule has 0 spiro atoms. The van der Waals surface area contributed by atoms with Crippen LogP contribution in [-0.2, 0) is 11.2 Å². The molecule has 2 rings (SSSR count). The van der Waals surface area contributed by atoms with Crippen LogP contribution in [-0.4, -0.2) is 26.1 Å². The van der Waals surface area contributed by atoms with Crippen LogP contribution in [0.15, 0.2) is 34.5 Å². The predicted molar refractivity (Wildman–Crippen MR) is 79.6 cm³/mol. The zero-order valence-corrected chi connectivity index (χ0v) is 11.2. The summed E-state index contributed by atoms with van der Waals surface area (Å²) in [4.78, 5) is 0. The second-order valence-electron chi connectivity index (χ2n) is 4.35. The Hall–Kier alpha value is -1.78. The summed E-state index contributed by atoms with van der Waals surface area (Å²) in [6.07, 6.45) is 4.65. The van der Waals surface area contributed by atoms with Crippen molar-refractivity contribution in [2.45, 2.75) is 19.4 Å². The van der Waals surface area contributed by atoms with E-state index in [2.05, 4.69) is 29.1 Å². The maximum atomic E-state index is 5.77. The molecule has 4 nitrogen and oxygen atoms in total. The molecule has 0 aromatic heterocycles. The van der Waals surface area contributed by atoms with Gasteiger partial charge in [-0.25, -0.2) is 0 Å². The Morgan fingerprint density at radius 3 is 3.11 bits per heavy atom. The Morgan fingerprint density at radius 2 is 2.42 bits per heavy atom. The normalized spacial score (nSPS) is 19.5. The molecule has 0 radical (unpaired) electrons. The summed E-state index contributed by atoms with van der Waals surface area (Å²) < 4.78 is 5.70. The molecule has 1 aliphatic rings. The van der Waals surface area contributed by atoms with Crippen molar-refractivity contribution in [2.75, 3.05) is 13.2 Å². The maximum absolute atomic E-state index is 5.77. The van der Waals surface area contributed by atoms with Crippen molar-refractivity contribution in [1.82, 2.24) is 0 Å². The fourth-order valence-electron chi connectivity index (χ4n) is 2.45. The lowest BCUT2D eigenvalue weighted by atomic mass is 9.89. The predicted octanol–water partition coefficient (Wildman–Crippen LogP) is 2.35. The van der Waals surface area contributed by atoms with Crippen molar-refractivity contribution in [3.05, 3.63) is 41.0 Å². The van der Waals surface area contributed by atoms with E-state index in [0.717, 1.165) is 12.0 Å². The molecule has 100 valence electrons. The topological polar surface area (TPSA) is 60.0 Å². The molecule has 4 heteroatoms. The van der Waals surface area contributed by atoms with Gasteiger partial charge in [0, 0.05) is 13.3 Å². The molecule has 0 aliphatic carbocycles. The first kappa shape index (κ1) is 13.6. The number of allylic oxidation sites excluding steroid dienone is 2. The van der Waals surface area contributed by atoms with E-state index in [1.165, 1.54) is 16.7 Å². The zero-order chi connectivity index (χ0) is 13.7. The minimum absolute atomic E-state index is 0.00345. The third kappa shape index (κ3) is 2.80. The number of nitrogens with two attached hydrogens (primary N) is 1. The average molecular weight is 257 g/mol. The van der Waals surface area contributed by atoms with Gasteiger partial charge in [-0.1, -0.05) is 24.3 Å². The summed E-state index contributed by atoms with van der Waals surface area (Å²) in [7, 11) is 0. The van der Waals surface area contributed by atoms with Crippen molar-refractivity contribution >= 4 is 18.5 Å². The summed E-state index contributed by atoms with van der Waals surface area (Å²) in [6.45, 7) is 6.56. The van der Waals surface area contributed by atoms with Crippen LogP contribution in [0.3, 0.4) is 0 Å². The summed E-state index contributed by atoms with van der Waals surface area (Å²) in [5.74, 6) is 0. The van der Waals surface area contributed by atoms with E-state index in [1.807, 2.05) is 19.1 Å². The summed E-state index contributed by atoms with van der Waals surface area (Å²) in [6, 6.07) is 6.22. The van der Waals surface area contributed by atoms with E-state index in [1.54, 1.807) is 6.21 Å². The number of hydrogen-bond acceptors (Lipinski definition) is 4. The van der Waals surface area contributed by atoms with Crippen molar-refractivity contribution in [3.8, 4) is 0 Å². The second-order valence-corrected chi connectivity index (χ2v) is 4.35. The Balaban J connectivity index is 2.47. The molecule has 0 bridgehead atoms. The molecule has 0 saturated heterocycles. The highest BCUT2D eigenvalue weighted by atomic mass is 16.5. The summed E-state index contributed by atoms with van der Waals surface area (Å²) in [5, 5.41) is 7.40. The molecular weight excluding hydrogens is 238 g/mol. The highest BCUT2D eigenvalue weighted by Gasteiger charge is 2.22. The van der Waals surface area contributed by atoms with Gasteiger partial charge in [0.1, 0.15) is 0 Å². The molecule has 0 amide bonds. The smallest absolute Gasteiger partial charge is 0.0950 e. The van der Waals surface area contributed by atoms with E-state index in [4.69, 9.17) is 10.5 Å². The molecule has 0 unspecified atom stereocenters. The molecule has 2 N–H and O–H groups in total. The molecule has 1 aromatic carbocycles. The van der Waals surface area contributed by atoms with Crippen LogP contribution in [0, 0.1) is 0 Å². The largest absolute Gasteiger partial charge is 0.372 e. The number of ether oxygens (including phenoxy) is 1. The number of benzene rings is 1. The second kappa shape index (κ2) is 6.41. The van der Waals surface area contributed by atoms with Crippen LogP contribution in [0.25, 0.3) is 5.57 Å². The third-order valence-electron chi connectivity index (χ3n) is 3.34. The number of fused-ring (bicyclic) bond motifs is 1. The highest BCUT2D eigenvalue weighted by molar-refractivity contribution is 6.10. The number of hydrogen-bond donors (Lipinski definition) is 1. The maximum Gasteiger partial charge on any atom is 0.0950 e. The Labute approximate surface area is 113 Å². The van der Waals surface area contributed by atoms with Gasteiger partial charge in [0.25, 0.3) is 0 Å². The molecule has 1 atom stereocenters. The molecule has 0 fully saturated rings. The molecule has 1 heterocycles.